The molecule has 0 amide bonds. The second kappa shape index (κ2) is 7.16. The highest BCUT2D eigenvalue weighted by Crippen LogP contribution is 2.24. The highest BCUT2D eigenvalue weighted by molar-refractivity contribution is 7.74. The van der Waals surface area contributed by atoms with E-state index in [0.717, 1.165) is 33.5 Å². The maximum atomic E-state index is 6.69. The van der Waals surface area contributed by atoms with Crippen molar-refractivity contribution in [1.82, 2.24) is 15.0 Å². The Labute approximate surface area is 145 Å². The SMILES string of the molecule is Nc1ccc(-c2ccc3nn(-c4ccccc4)nc3c2)cc1.OS. The van der Waals surface area contributed by atoms with E-state index in [2.05, 4.69) is 29.2 Å². The van der Waals surface area contributed by atoms with Gasteiger partial charge in [-0.05, 0) is 60.4 Å². The zero-order valence-corrected chi connectivity index (χ0v) is 13.6. The van der Waals surface area contributed by atoms with E-state index >= 15 is 0 Å². The molecular weight excluding hydrogens is 320 g/mol. The number of nitrogen functional groups attached to an aromatic ring is 1. The number of fused-ring (bicyclic) bond motifs is 1. The Hall–Kier alpha value is -2.83. The number of aromatic nitrogens is 3. The first-order valence-electron chi connectivity index (χ1n) is 7.28. The molecule has 0 aliphatic rings. The lowest BCUT2D eigenvalue weighted by molar-refractivity contribution is 0.679. The quantitative estimate of drug-likeness (QED) is 0.293. The van der Waals surface area contributed by atoms with E-state index in [0.29, 0.717) is 0 Å². The molecule has 6 heteroatoms. The normalized spacial score (nSPS) is 10.2. The van der Waals surface area contributed by atoms with Crippen LogP contribution in [-0.4, -0.2) is 19.5 Å². The maximum absolute atomic E-state index is 6.69. The van der Waals surface area contributed by atoms with Gasteiger partial charge in [0.15, 0.2) is 0 Å². The summed E-state index contributed by atoms with van der Waals surface area (Å²) < 4.78 is 6.69. The highest BCUT2D eigenvalue weighted by atomic mass is 32.1. The lowest BCUT2D eigenvalue weighted by Crippen LogP contribution is -1.97. The van der Waals surface area contributed by atoms with Gasteiger partial charge in [-0.2, -0.15) is 4.80 Å². The Bertz CT molecular complexity index is 936. The standard InChI is InChI=1S/C18H14N4.H2OS/c19-15-9-6-13(7-10-15)14-8-11-17-18(12-14)21-22(20-17)16-4-2-1-3-5-16;1-2/h1-12H,19H2;1-2H. The molecular formula is C18H16N4OS. The van der Waals surface area contributed by atoms with E-state index in [1.807, 2.05) is 66.7 Å². The monoisotopic (exact) mass is 336 g/mol. The molecule has 0 unspecified atom stereocenters. The first-order valence-corrected chi connectivity index (χ1v) is 7.68. The molecule has 1 aromatic heterocycles. The summed E-state index contributed by atoms with van der Waals surface area (Å²) in [5, 5.41) is 9.08. The van der Waals surface area contributed by atoms with Gasteiger partial charge < -0.3 is 10.3 Å². The average molecular weight is 336 g/mol. The molecule has 3 aromatic carbocycles. The molecule has 0 saturated carbocycles. The van der Waals surface area contributed by atoms with Gasteiger partial charge in [0.25, 0.3) is 0 Å². The van der Waals surface area contributed by atoms with Crippen molar-refractivity contribution in [2.75, 3.05) is 5.73 Å². The van der Waals surface area contributed by atoms with Crippen molar-refractivity contribution in [2.24, 2.45) is 0 Å². The van der Waals surface area contributed by atoms with Crippen molar-refractivity contribution >= 4 is 29.6 Å². The molecule has 24 heavy (non-hydrogen) atoms. The molecule has 0 bridgehead atoms. The summed E-state index contributed by atoms with van der Waals surface area (Å²) in [5.74, 6) is 0. The number of rotatable bonds is 2. The van der Waals surface area contributed by atoms with Crippen molar-refractivity contribution in [3.05, 3.63) is 72.8 Å². The van der Waals surface area contributed by atoms with Gasteiger partial charge in [-0.15, -0.1) is 10.2 Å². The van der Waals surface area contributed by atoms with Crippen molar-refractivity contribution in [1.29, 1.82) is 0 Å². The van der Waals surface area contributed by atoms with Crippen LogP contribution in [0.2, 0.25) is 0 Å². The third-order valence-corrected chi connectivity index (χ3v) is 3.61. The predicted octanol–water partition coefficient (Wildman–Crippen LogP) is 4.06. The second-order valence-corrected chi connectivity index (χ2v) is 5.15. The van der Waals surface area contributed by atoms with Crippen LogP contribution in [0, 0.1) is 0 Å². The van der Waals surface area contributed by atoms with E-state index in [-0.39, 0.29) is 0 Å². The van der Waals surface area contributed by atoms with E-state index in [1.54, 1.807) is 4.80 Å². The molecule has 5 nitrogen and oxygen atoms in total. The van der Waals surface area contributed by atoms with Crippen LogP contribution in [0.4, 0.5) is 5.69 Å². The molecule has 0 aliphatic carbocycles. The fraction of sp³-hybridized carbons (Fsp3) is 0. The van der Waals surface area contributed by atoms with E-state index in [1.165, 1.54) is 0 Å². The molecule has 120 valence electrons. The van der Waals surface area contributed by atoms with Crippen molar-refractivity contribution in [3.63, 3.8) is 0 Å². The Morgan fingerprint density at radius 2 is 1.38 bits per heavy atom. The zero-order valence-electron chi connectivity index (χ0n) is 12.7. The van der Waals surface area contributed by atoms with Crippen LogP contribution >= 0.6 is 12.9 Å². The van der Waals surface area contributed by atoms with Crippen molar-refractivity contribution in [2.45, 2.75) is 0 Å². The minimum absolute atomic E-state index is 0.764. The summed E-state index contributed by atoms with van der Waals surface area (Å²) in [5.41, 5.74) is 11.4. The smallest absolute Gasteiger partial charge is 0.114 e. The number of para-hydroxylation sites is 1. The first-order chi connectivity index (χ1) is 11.8. The van der Waals surface area contributed by atoms with Crippen LogP contribution in [0.15, 0.2) is 72.8 Å². The molecule has 0 radical (unpaired) electrons. The Morgan fingerprint density at radius 1 is 0.750 bits per heavy atom. The number of hydrogen-bond acceptors (Lipinski definition) is 5. The van der Waals surface area contributed by atoms with Crippen LogP contribution < -0.4 is 5.73 Å². The fourth-order valence-corrected chi connectivity index (χ4v) is 2.45. The van der Waals surface area contributed by atoms with E-state index in [4.69, 9.17) is 10.3 Å². The summed E-state index contributed by atoms with van der Waals surface area (Å²) in [6.07, 6.45) is 0. The number of anilines is 1. The topological polar surface area (TPSA) is 77.0 Å². The summed E-state index contributed by atoms with van der Waals surface area (Å²) in [4.78, 5) is 1.66. The molecule has 0 aliphatic heterocycles. The lowest BCUT2D eigenvalue weighted by Gasteiger charge is -2.01. The van der Waals surface area contributed by atoms with E-state index < -0.39 is 0 Å². The van der Waals surface area contributed by atoms with E-state index in [9.17, 15) is 0 Å². The molecule has 0 spiro atoms. The third-order valence-electron chi connectivity index (χ3n) is 3.61. The molecule has 4 aromatic rings. The van der Waals surface area contributed by atoms with Crippen LogP contribution in [0.25, 0.3) is 27.8 Å². The van der Waals surface area contributed by atoms with Gasteiger partial charge in [-0.25, -0.2) is 0 Å². The predicted molar refractivity (Wildman–Crippen MR) is 100 cm³/mol. The van der Waals surface area contributed by atoms with Gasteiger partial charge >= 0.3 is 0 Å². The summed E-state index contributed by atoms with van der Waals surface area (Å²) >= 11 is 2.53. The minimum Gasteiger partial charge on any atom is -0.399 e. The zero-order chi connectivity index (χ0) is 16.9. The van der Waals surface area contributed by atoms with Crippen LogP contribution in [0.5, 0.6) is 0 Å². The molecule has 3 N–H and O–H groups in total. The van der Waals surface area contributed by atoms with Crippen molar-refractivity contribution in [3.8, 4) is 16.8 Å². The van der Waals surface area contributed by atoms with Gasteiger partial charge in [0, 0.05) is 5.69 Å². The minimum atomic E-state index is 0.764. The summed E-state index contributed by atoms with van der Waals surface area (Å²) in [6.45, 7) is 0. The van der Waals surface area contributed by atoms with Crippen LogP contribution in [0.1, 0.15) is 0 Å². The molecule has 1 heterocycles. The lowest BCUT2D eigenvalue weighted by atomic mass is 10.0. The highest BCUT2D eigenvalue weighted by Gasteiger charge is 2.06. The first kappa shape index (κ1) is 16.0. The second-order valence-electron chi connectivity index (χ2n) is 5.15. The average Bonchev–Trinajstić information content (AvgIpc) is 3.08. The Morgan fingerprint density at radius 3 is 2.08 bits per heavy atom. The largest absolute Gasteiger partial charge is 0.399 e. The van der Waals surface area contributed by atoms with Gasteiger partial charge in [-0.3, -0.25) is 0 Å². The van der Waals surface area contributed by atoms with Gasteiger partial charge in [0.1, 0.15) is 11.0 Å². The van der Waals surface area contributed by atoms with Crippen molar-refractivity contribution < 1.29 is 4.55 Å². The summed E-state index contributed by atoms with van der Waals surface area (Å²) in [7, 11) is 0. The Kier molecular flexibility index (Phi) is 4.79. The number of thiol groups is 1. The van der Waals surface area contributed by atoms with Gasteiger partial charge in [-0.1, -0.05) is 36.4 Å². The van der Waals surface area contributed by atoms with Crippen LogP contribution in [0.3, 0.4) is 0 Å². The Balaban J connectivity index is 0.000000815. The third kappa shape index (κ3) is 3.24. The summed E-state index contributed by atoms with van der Waals surface area (Å²) in [6, 6.07) is 23.8. The fourth-order valence-electron chi connectivity index (χ4n) is 2.45. The molecule has 4 rings (SSSR count). The number of benzene rings is 3. The van der Waals surface area contributed by atoms with Gasteiger partial charge in [0.05, 0.1) is 5.69 Å². The van der Waals surface area contributed by atoms with Crippen LogP contribution in [-0.2, 0) is 0 Å². The number of hydrogen-bond donors (Lipinski definition) is 3. The number of nitrogens with zero attached hydrogens (tertiary/aromatic N) is 3. The number of nitrogens with two attached hydrogens (primary N) is 1. The molecule has 0 atom stereocenters. The molecule has 0 fully saturated rings. The molecule has 0 saturated heterocycles. The van der Waals surface area contributed by atoms with Gasteiger partial charge in [0.2, 0.25) is 0 Å². The maximum Gasteiger partial charge on any atom is 0.114 e.